The maximum absolute atomic E-state index is 13.1. The molecule has 0 aromatic rings. The Morgan fingerprint density at radius 2 is 1.85 bits per heavy atom. The Labute approximate surface area is 160 Å². The van der Waals surface area contributed by atoms with Gasteiger partial charge in [0.05, 0.1) is 17.4 Å². The summed E-state index contributed by atoms with van der Waals surface area (Å²) in [6.45, 7) is 6.11. The van der Waals surface area contributed by atoms with Crippen LogP contribution >= 0.6 is 0 Å². The van der Waals surface area contributed by atoms with Crippen molar-refractivity contribution in [3.8, 4) is 0 Å². The Morgan fingerprint density at radius 3 is 2.41 bits per heavy atom. The molecule has 4 bridgehead atoms. The highest BCUT2D eigenvalue weighted by molar-refractivity contribution is 5.84. The van der Waals surface area contributed by atoms with Crippen LogP contribution in [0.5, 0.6) is 0 Å². The van der Waals surface area contributed by atoms with E-state index in [2.05, 4.69) is 0 Å². The third-order valence-electron chi connectivity index (χ3n) is 7.32. The molecule has 0 spiro atoms. The topological polar surface area (TPSA) is 78.9 Å². The maximum atomic E-state index is 13.1. The summed E-state index contributed by atoms with van der Waals surface area (Å²) < 4.78 is 16.6. The first-order chi connectivity index (χ1) is 12.7. The predicted molar refractivity (Wildman–Crippen MR) is 95.5 cm³/mol. The lowest BCUT2D eigenvalue weighted by atomic mass is 9.48. The smallest absolute Gasteiger partial charge is 0.347 e. The monoisotopic (exact) mass is 378 g/mol. The standard InChI is InChI=1S/C21H30O6/c1-4-19(2,3)17(23)27-21-10-13-7-14(11-21)9-20(8-13,12-21)18(24)26-15-5-6-25-16(15)22/h13-15H,4-12H2,1-3H3. The molecule has 0 radical (unpaired) electrons. The zero-order chi connectivity index (χ0) is 19.4. The Hall–Kier alpha value is -1.59. The summed E-state index contributed by atoms with van der Waals surface area (Å²) in [5.41, 5.74) is -1.70. The molecule has 1 heterocycles. The van der Waals surface area contributed by atoms with Crippen LogP contribution in [0.25, 0.3) is 0 Å². The van der Waals surface area contributed by atoms with Crippen molar-refractivity contribution in [2.24, 2.45) is 22.7 Å². The molecular formula is C21H30O6. The number of carbonyl (C=O) groups is 3. The molecule has 1 saturated heterocycles. The summed E-state index contributed by atoms with van der Waals surface area (Å²) in [4.78, 5) is 37.6. The number of cyclic esters (lactones) is 1. The number of hydrogen-bond donors (Lipinski definition) is 0. The van der Waals surface area contributed by atoms with E-state index in [1.54, 1.807) is 0 Å². The second-order valence-electron chi connectivity index (χ2n) is 9.90. The zero-order valence-corrected chi connectivity index (χ0v) is 16.5. The fourth-order valence-electron chi connectivity index (χ4n) is 5.85. The van der Waals surface area contributed by atoms with Crippen molar-refractivity contribution < 1.29 is 28.6 Å². The van der Waals surface area contributed by atoms with E-state index in [0.717, 1.165) is 32.1 Å². The molecule has 0 aromatic heterocycles. The largest absolute Gasteiger partial charge is 0.463 e. The van der Waals surface area contributed by atoms with Crippen molar-refractivity contribution >= 4 is 17.9 Å². The lowest BCUT2D eigenvalue weighted by Gasteiger charge is -2.60. The highest BCUT2D eigenvalue weighted by Crippen LogP contribution is 2.63. The molecule has 5 aliphatic rings. The van der Waals surface area contributed by atoms with Gasteiger partial charge in [-0.1, -0.05) is 6.92 Å². The Balaban J connectivity index is 1.54. The second-order valence-corrected chi connectivity index (χ2v) is 9.90. The van der Waals surface area contributed by atoms with E-state index in [9.17, 15) is 14.4 Å². The summed E-state index contributed by atoms with van der Waals surface area (Å²) in [6.07, 6.45) is 5.23. The quantitative estimate of drug-likeness (QED) is 0.540. The lowest BCUT2D eigenvalue weighted by Crippen LogP contribution is -2.60. The van der Waals surface area contributed by atoms with Crippen LogP contribution in [-0.4, -0.2) is 36.2 Å². The Morgan fingerprint density at radius 1 is 1.19 bits per heavy atom. The molecule has 4 aliphatic carbocycles. The fourth-order valence-corrected chi connectivity index (χ4v) is 5.85. The minimum Gasteiger partial charge on any atom is -0.463 e. The zero-order valence-electron chi connectivity index (χ0n) is 16.5. The van der Waals surface area contributed by atoms with Gasteiger partial charge in [-0.2, -0.15) is 0 Å². The summed E-state index contributed by atoms with van der Waals surface area (Å²) in [6, 6.07) is 0. The van der Waals surface area contributed by atoms with Crippen LogP contribution in [0.4, 0.5) is 0 Å². The lowest BCUT2D eigenvalue weighted by molar-refractivity contribution is -0.219. The van der Waals surface area contributed by atoms with Gasteiger partial charge < -0.3 is 14.2 Å². The molecule has 5 fully saturated rings. The molecule has 5 rings (SSSR count). The molecule has 6 nitrogen and oxygen atoms in total. The van der Waals surface area contributed by atoms with Crippen LogP contribution in [0, 0.1) is 22.7 Å². The van der Waals surface area contributed by atoms with Gasteiger partial charge in [0.2, 0.25) is 6.10 Å². The van der Waals surface area contributed by atoms with Gasteiger partial charge in [0, 0.05) is 12.8 Å². The van der Waals surface area contributed by atoms with Crippen molar-refractivity contribution in [2.45, 2.75) is 83.8 Å². The third-order valence-corrected chi connectivity index (χ3v) is 7.32. The third kappa shape index (κ3) is 3.15. The summed E-state index contributed by atoms with van der Waals surface area (Å²) >= 11 is 0. The van der Waals surface area contributed by atoms with Gasteiger partial charge >= 0.3 is 17.9 Å². The van der Waals surface area contributed by atoms with Gasteiger partial charge in [-0.3, -0.25) is 9.59 Å². The van der Waals surface area contributed by atoms with Crippen LogP contribution in [0.3, 0.4) is 0 Å². The number of carbonyl (C=O) groups excluding carboxylic acids is 3. The minimum atomic E-state index is -0.775. The van der Waals surface area contributed by atoms with Gasteiger partial charge in [0.15, 0.2) is 0 Å². The van der Waals surface area contributed by atoms with Crippen LogP contribution in [0.2, 0.25) is 0 Å². The first kappa shape index (κ1) is 18.8. The normalized spacial score (nSPS) is 40.0. The second kappa shape index (κ2) is 6.21. The molecule has 4 saturated carbocycles. The van der Waals surface area contributed by atoms with E-state index >= 15 is 0 Å². The first-order valence-electron chi connectivity index (χ1n) is 10.3. The van der Waals surface area contributed by atoms with Gasteiger partial charge in [-0.15, -0.1) is 0 Å². The highest BCUT2D eigenvalue weighted by atomic mass is 16.6. The molecular weight excluding hydrogens is 348 g/mol. The van der Waals surface area contributed by atoms with Crippen LogP contribution in [-0.2, 0) is 28.6 Å². The van der Waals surface area contributed by atoms with Crippen molar-refractivity contribution in [3.05, 3.63) is 0 Å². The van der Waals surface area contributed by atoms with E-state index in [1.807, 2.05) is 20.8 Å². The Bertz CT molecular complexity index is 652. The van der Waals surface area contributed by atoms with Crippen molar-refractivity contribution in [2.75, 3.05) is 6.61 Å². The minimum absolute atomic E-state index is 0.171. The molecule has 3 unspecified atom stereocenters. The van der Waals surface area contributed by atoms with E-state index in [4.69, 9.17) is 14.2 Å². The average Bonchev–Trinajstić information content (AvgIpc) is 2.98. The number of rotatable bonds is 5. The molecule has 0 aromatic carbocycles. The van der Waals surface area contributed by atoms with Gasteiger partial charge in [0.25, 0.3) is 0 Å². The molecule has 0 amide bonds. The average molecular weight is 378 g/mol. The molecule has 150 valence electrons. The van der Waals surface area contributed by atoms with Crippen LogP contribution in [0.15, 0.2) is 0 Å². The molecule has 6 heteroatoms. The summed E-state index contributed by atoms with van der Waals surface area (Å²) in [7, 11) is 0. The maximum Gasteiger partial charge on any atom is 0.347 e. The SMILES string of the molecule is CCC(C)(C)C(=O)OC12CC3CC(C1)CC(C(=O)OC1CCOC1=O)(C3)C2. The fraction of sp³-hybridized carbons (Fsp3) is 0.857. The van der Waals surface area contributed by atoms with E-state index in [0.29, 0.717) is 37.7 Å². The Kier molecular flexibility index (Phi) is 4.32. The van der Waals surface area contributed by atoms with Crippen molar-refractivity contribution in [1.29, 1.82) is 0 Å². The number of hydrogen-bond acceptors (Lipinski definition) is 6. The first-order valence-corrected chi connectivity index (χ1v) is 10.3. The van der Waals surface area contributed by atoms with Gasteiger partial charge in [0.1, 0.15) is 5.60 Å². The molecule has 3 atom stereocenters. The van der Waals surface area contributed by atoms with E-state index in [1.165, 1.54) is 0 Å². The van der Waals surface area contributed by atoms with E-state index in [-0.39, 0.29) is 11.9 Å². The molecule has 0 N–H and O–H groups in total. The van der Waals surface area contributed by atoms with Gasteiger partial charge in [-0.25, -0.2) is 4.79 Å². The summed E-state index contributed by atoms with van der Waals surface area (Å²) in [5.74, 6) is -0.150. The molecule has 27 heavy (non-hydrogen) atoms. The van der Waals surface area contributed by atoms with Crippen molar-refractivity contribution in [3.63, 3.8) is 0 Å². The highest BCUT2D eigenvalue weighted by Gasteiger charge is 2.63. The predicted octanol–water partition coefficient (Wildman–Crippen LogP) is 3.16. The molecule has 1 aliphatic heterocycles. The van der Waals surface area contributed by atoms with E-state index < -0.39 is 28.5 Å². The van der Waals surface area contributed by atoms with Crippen LogP contribution in [0.1, 0.15) is 72.1 Å². The van der Waals surface area contributed by atoms with Crippen molar-refractivity contribution in [1.82, 2.24) is 0 Å². The summed E-state index contributed by atoms with van der Waals surface area (Å²) in [5, 5.41) is 0. The van der Waals surface area contributed by atoms with Crippen LogP contribution < -0.4 is 0 Å². The number of ether oxygens (including phenoxy) is 3. The number of esters is 3. The van der Waals surface area contributed by atoms with Gasteiger partial charge in [-0.05, 0) is 64.2 Å².